The highest BCUT2D eigenvalue weighted by molar-refractivity contribution is 6.03. The molecule has 2 aliphatic rings. The molecule has 0 saturated carbocycles. The number of aliphatic carboxylic acids is 2. The summed E-state index contributed by atoms with van der Waals surface area (Å²) in [5.41, 5.74) is 1.87. The number of allylic oxidation sites excluding steroid dienone is 3. The van der Waals surface area contributed by atoms with Crippen molar-refractivity contribution >= 4 is 41.8 Å². The molecule has 0 aliphatic heterocycles. The molecule has 0 spiro atoms. The molecule has 2 unspecified atom stereocenters. The maximum atomic E-state index is 15.4. The Kier molecular flexibility index (Phi) is 16.2. The summed E-state index contributed by atoms with van der Waals surface area (Å²) in [6, 6.07) is 20.0. The van der Waals surface area contributed by atoms with Crippen LogP contribution < -0.4 is 21.3 Å². The van der Waals surface area contributed by atoms with E-state index in [1.807, 2.05) is 120 Å². The summed E-state index contributed by atoms with van der Waals surface area (Å²) in [6.07, 6.45) is 3.10. The molecular weight excluding hydrogens is 829 g/mol. The molecule has 0 fully saturated rings. The Bertz CT molecular complexity index is 2260. The van der Waals surface area contributed by atoms with Crippen molar-refractivity contribution in [3.8, 4) is 11.1 Å². The smallest absolute Gasteiger partial charge is 0.407 e. The van der Waals surface area contributed by atoms with Crippen LogP contribution in [0.5, 0.6) is 0 Å². The van der Waals surface area contributed by atoms with Crippen molar-refractivity contribution < 1.29 is 48.5 Å². The summed E-state index contributed by atoms with van der Waals surface area (Å²) in [7, 11) is 1.67. The molecule has 0 bridgehead atoms. The Morgan fingerprint density at radius 3 is 1.92 bits per heavy atom. The summed E-state index contributed by atoms with van der Waals surface area (Å²) < 4.78 is 5.62. The number of ether oxygens (including phenoxy) is 1. The van der Waals surface area contributed by atoms with Crippen molar-refractivity contribution in [3.05, 3.63) is 119 Å². The number of hydrogen-bond donors (Lipinski definition) is 6. The molecule has 2 aliphatic carbocycles. The second-order valence-electron chi connectivity index (χ2n) is 18.9. The third kappa shape index (κ3) is 11.9. The SMILES string of the molecule is CN[C@@H](Cc1ccccc1)C(=O)C1(C(C)(C)C)C=CC=C(C(=O)[C@H](CCC(=O)O)NC(C)(C)C)C1C[C@@H](C=O)NC(=O)[C@H](CC(=O)O)NC(=O)OCC1c2ccccc2-c2ccccc21. The molecule has 0 saturated heterocycles. The van der Waals surface area contributed by atoms with E-state index in [0.717, 1.165) is 27.8 Å². The average molecular weight is 891 g/mol. The van der Waals surface area contributed by atoms with E-state index in [9.17, 15) is 39.0 Å². The largest absolute Gasteiger partial charge is 0.481 e. The Labute approximate surface area is 380 Å². The van der Waals surface area contributed by atoms with E-state index in [0.29, 0.717) is 12.7 Å². The van der Waals surface area contributed by atoms with Crippen molar-refractivity contribution in [1.29, 1.82) is 0 Å². The zero-order valence-electron chi connectivity index (χ0n) is 38.2. The number of alkyl carbamates (subject to hydrolysis) is 1. The Morgan fingerprint density at radius 2 is 1.38 bits per heavy atom. The van der Waals surface area contributed by atoms with Crippen molar-refractivity contribution in [2.75, 3.05) is 13.7 Å². The lowest BCUT2D eigenvalue weighted by molar-refractivity contribution is -0.141. The maximum absolute atomic E-state index is 15.4. The van der Waals surface area contributed by atoms with Crippen LogP contribution in [-0.4, -0.2) is 95.4 Å². The van der Waals surface area contributed by atoms with Gasteiger partial charge in [0.05, 0.1) is 30.0 Å². The lowest BCUT2D eigenvalue weighted by Gasteiger charge is -2.51. The third-order valence-electron chi connectivity index (χ3n) is 12.3. The Morgan fingerprint density at radius 1 is 0.785 bits per heavy atom. The van der Waals surface area contributed by atoms with Crippen molar-refractivity contribution in [1.82, 2.24) is 21.3 Å². The van der Waals surface area contributed by atoms with Gasteiger partial charge in [0.15, 0.2) is 11.6 Å². The van der Waals surface area contributed by atoms with Gasteiger partial charge >= 0.3 is 18.0 Å². The van der Waals surface area contributed by atoms with Crippen LogP contribution in [0.2, 0.25) is 0 Å². The second-order valence-corrected chi connectivity index (χ2v) is 18.9. The first-order valence-corrected chi connectivity index (χ1v) is 22.0. The van der Waals surface area contributed by atoms with Gasteiger partial charge in [-0.1, -0.05) is 118 Å². The molecule has 5 rings (SSSR count). The lowest BCUT2D eigenvalue weighted by Crippen LogP contribution is -2.59. The summed E-state index contributed by atoms with van der Waals surface area (Å²) >= 11 is 0. The highest BCUT2D eigenvalue weighted by atomic mass is 16.5. The van der Waals surface area contributed by atoms with Crippen molar-refractivity contribution in [2.24, 2.45) is 16.7 Å². The van der Waals surface area contributed by atoms with Crippen LogP contribution in [0.1, 0.15) is 89.8 Å². The van der Waals surface area contributed by atoms with E-state index in [1.54, 1.807) is 25.3 Å². The zero-order chi connectivity index (χ0) is 47.7. The second kappa shape index (κ2) is 21.2. The first-order valence-electron chi connectivity index (χ1n) is 22.0. The molecule has 346 valence electrons. The van der Waals surface area contributed by atoms with Crippen molar-refractivity contribution in [3.63, 3.8) is 0 Å². The monoisotopic (exact) mass is 890 g/mol. The highest BCUT2D eigenvalue weighted by Crippen LogP contribution is 2.54. The predicted octanol–water partition coefficient (Wildman–Crippen LogP) is 6.18. The summed E-state index contributed by atoms with van der Waals surface area (Å²) in [5, 5.41) is 30.9. The first-order chi connectivity index (χ1) is 30.7. The molecule has 6 atom stereocenters. The van der Waals surface area contributed by atoms with E-state index < -0.39 is 82.6 Å². The van der Waals surface area contributed by atoms with Gasteiger partial charge in [-0.25, -0.2) is 4.79 Å². The van der Waals surface area contributed by atoms with E-state index in [-0.39, 0.29) is 43.1 Å². The van der Waals surface area contributed by atoms with Gasteiger partial charge in [-0.15, -0.1) is 0 Å². The van der Waals surface area contributed by atoms with E-state index >= 15 is 4.79 Å². The summed E-state index contributed by atoms with van der Waals surface area (Å²) in [4.78, 5) is 94.7. The van der Waals surface area contributed by atoms with Gasteiger partial charge in [0.1, 0.15) is 18.9 Å². The molecule has 0 heterocycles. The number of carboxylic acids is 2. The van der Waals surface area contributed by atoms with Gasteiger partial charge in [0.2, 0.25) is 5.91 Å². The minimum atomic E-state index is -1.68. The first kappa shape index (κ1) is 49.8. The number of carbonyl (C=O) groups is 7. The number of aldehydes is 1. The molecule has 3 aromatic rings. The number of carboxylic acid groups (broad SMARTS) is 2. The third-order valence-corrected chi connectivity index (χ3v) is 12.3. The fraction of sp³-hybridized carbons (Fsp3) is 0.431. The molecule has 2 amide bonds. The van der Waals surface area contributed by atoms with Gasteiger partial charge in [-0.2, -0.15) is 0 Å². The van der Waals surface area contributed by atoms with Crippen molar-refractivity contribution in [2.45, 2.75) is 109 Å². The molecule has 14 nitrogen and oxygen atoms in total. The number of hydrogen-bond acceptors (Lipinski definition) is 10. The fourth-order valence-corrected chi connectivity index (χ4v) is 9.32. The number of carbonyl (C=O) groups excluding carboxylic acids is 5. The number of fused-ring (bicyclic) bond motifs is 3. The molecule has 65 heavy (non-hydrogen) atoms. The van der Waals surface area contributed by atoms with Gasteiger partial charge in [-0.05, 0) is 80.3 Å². The van der Waals surface area contributed by atoms with Crippen LogP contribution >= 0.6 is 0 Å². The van der Waals surface area contributed by atoms with Gasteiger partial charge in [-0.3, -0.25) is 24.0 Å². The number of nitrogens with one attached hydrogen (secondary N) is 4. The van der Waals surface area contributed by atoms with Gasteiger partial charge < -0.3 is 41.0 Å². The number of benzene rings is 3. The number of likely N-dealkylation sites (N-methyl/N-ethyl adjacent to an activating group) is 1. The number of rotatable bonds is 21. The van der Waals surface area contributed by atoms with E-state index in [2.05, 4.69) is 21.3 Å². The summed E-state index contributed by atoms with van der Waals surface area (Å²) in [5.74, 6) is -5.64. The Hall–Kier alpha value is -6.25. The van der Waals surface area contributed by atoms with Crippen LogP contribution in [0.25, 0.3) is 11.1 Å². The quantitative estimate of drug-likeness (QED) is 0.0662. The molecule has 14 heteroatoms. The fourth-order valence-electron chi connectivity index (χ4n) is 9.32. The summed E-state index contributed by atoms with van der Waals surface area (Å²) in [6.45, 7) is 11.0. The number of Topliss-reactive ketones (excluding diaryl/α,β-unsaturated/α-hetero) is 2. The van der Waals surface area contributed by atoms with Crippen LogP contribution in [0.3, 0.4) is 0 Å². The molecule has 6 N–H and O–H groups in total. The molecule has 0 radical (unpaired) electrons. The van der Waals surface area contributed by atoms with E-state index in [1.165, 1.54) is 0 Å². The van der Waals surface area contributed by atoms with Gasteiger partial charge in [0, 0.05) is 29.4 Å². The molecule has 3 aromatic carbocycles. The molecular formula is C51H62N4O10. The standard InChI is InChI=1S/C51H62N4O10/c1-49(2,3)51(46(62)41(52-7)26-31-16-9-8-10-17-31)25-15-22-37(45(61)40(23-24-43(57)58)55-50(4,5)6)39(51)27-32(29-56)53-47(63)42(28-44(59)60)54-48(64)65-30-38-35-20-13-11-18-33(35)34-19-12-14-21-36(34)38/h8-22,25,29,32,38-42,52,55H,23-24,26-28,30H2,1-7H3,(H,53,63)(H,54,64)(H,57,58)(H,59,60)/t32-,39?,40-,41-,42-,51?/m0/s1. The van der Waals surface area contributed by atoms with Crippen LogP contribution in [0, 0.1) is 16.7 Å². The predicted molar refractivity (Wildman–Crippen MR) is 246 cm³/mol. The zero-order valence-corrected chi connectivity index (χ0v) is 38.2. The normalized spacial score (nSPS) is 18.8. The van der Waals surface area contributed by atoms with Crippen LogP contribution in [0.4, 0.5) is 4.79 Å². The highest BCUT2D eigenvalue weighted by Gasteiger charge is 2.57. The van der Waals surface area contributed by atoms with Gasteiger partial charge in [0.25, 0.3) is 0 Å². The Balaban J connectivity index is 1.47. The lowest BCUT2D eigenvalue weighted by atomic mass is 9.51. The number of ketones is 2. The minimum Gasteiger partial charge on any atom is -0.481 e. The minimum absolute atomic E-state index is 0.0743. The average Bonchev–Trinajstić information content (AvgIpc) is 3.57. The van der Waals surface area contributed by atoms with E-state index in [4.69, 9.17) is 4.74 Å². The number of amides is 2. The topological polar surface area (TPSA) is 217 Å². The molecule has 0 aromatic heterocycles. The van der Waals surface area contributed by atoms with Crippen LogP contribution in [-0.2, 0) is 39.9 Å². The maximum Gasteiger partial charge on any atom is 0.407 e. The van der Waals surface area contributed by atoms with Crippen LogP contribution in [0.15, 0.2) is 103 Å².